The predicted octanol–water partition coefficient (Wildman–Crippen LogP) is 3.93. The van der Waals surface area contributed by atoms with Crippen molar-refractivity contribution in [2.75, 3.05) is 0 Å². The average Bonchev–Trinajstić information content (AvgIpc) is 2.68. The van der Waals surface area contributed by atoms with Gasteiger partial charge in [-0.25, -0.2) is 13.6 Å². The Morgan fingerprint density at radius 3 is 2.28 bits per heavy atom. The Labute approximate surface area is 185 Å². The molecule has 3 atom stereocenters. The van der Waals surface area contributed by atoms with E-state index in [9.17, 15) is 28.6 Å². The van der Waals surface area contributed by atoms with Gasteiger partial charge in [0.15, 0.2) is 0 Å². The highest BCUT2D eigenvalue weighted by molar-refractivity contribution is 5.72. The molecule has 0 saturated carbocycles. The molecule has 0 saturated heterocycles. The molecule has 0 aliphatic carbocycles. The summed E-state index contributed by atoms with van der Waals surface area (Å²) < 4.78 is 32.7. The third kappa shape index (κ3) is 5.62. The highest BCUT2D eigenvalue weighted by atomic mass is 19.1. The Morgan fingerprint density at radius 1 is 1.12 bits per heavy atom. The number of nitrogens with zero attached hydrogens (tertiary/aromatic N) is 1. The van der Waals surface area contributed by atoms with Gasteiger partial charge in [0.05, 0.1) is 18.1 Å². The Bertz CT molecular complexity index is 984. The molecule has 2 aromatic rings. The zero-order valence-electron chi connectivity index (χ0n) is 18.2. The van der Waals surface area contributed by atoms with Crippen LogP contribution in [0.25, 0.3) is 0 Å². The van der Waals surface area contributed by atoms with Crippen LogP contribution in [0, 0.1) is 17.6 Å². The van der Waals surface area contributed by atoms with Crippen LogP contribution in [0.15, 0.2) is 42.5 Å². The molecule has 0 spiro atoms. The average molecular weight is 447 g/mol. The number of aliphatic carboxylic acids is 1. The van der Waals surface area contributed by atoms with Crippen LogP contribution in [0.2, 0.25) is 0 Å². The molecular formula is C24H27F2NO5. The maximum absolute atomic E-state index is 13.6. The van der Waals surface area contributed by atoms with Crippen molar-refractivity contribution in [3.8, 4) is 0 Å². The number of aliphatic hydroxyl groups excluding tert-OH is 1. The first-order chi connectivity index (χ1) is 14.9. The summed E-state index contributed by atoms with van der Waals surface area (Å²) in [5, 5.41) is 20.9. The van der Waals surface area contributed by atoms with Crippen LogP contribution < -0.4 is 0 Å². The Morgan fingerprint density at radius 2 is 1.72 bits per heavy atom. The van der Waals surface area contributed by atoms with Crippen molar-refractivity contribution in [1.82, 2.24) is 4.90 Å². The maximum atomic E-state index is 13.6. The van der Waals surface area contributed by atoms with E-state index < -0.39 is 47.4 Å². The standard InChI is InChI=1S/C24H27F2NO5/c1-24(2,3)32-23(31)27-13-16-7-5-4-6-15(16)11-20(27)21(28)19(22(29)30)10-14-8-17(25)12-18(26)9-14/h4-9,12,19-21,28H,10-11,13H2,1-3H3,(H,29,30)/t19-,20?,21-/m0/s1. The van der Waals surface area contributed by atoms with Crippen molar-refractivity contribution in [2.24, 2.45) is 5.92 Å². The molecule has 1 amide bonds. The van der Waals surface area contributed by atoms with Crippen LogP contribution in [0.1, 0.15) is 37.5 Å². The number of hydrogen-bond acceptors (Lipinski definition) is 4. The highest BCUT2D eigenvalue weighted by Crippen LogP contribution is 2.30. The number of carboxylic acid groups (broad SMARTS) is 1. The smallest absolute Gasteiger partial charge is 0.410 e. The predicted molar refractivity (Wildman–Crippen MR) is 113 cm³/mol. The maximum Gasteiger partial charge on any atom is 0.410 e. The summed E-state index contributed by atoms with van der Waals surface area (Å²) in [6.07, 6.45) is -2.25. The minimum absolute atomic E-state index is 0.106. The summed E-state index contributed by atoms with van der Waals surface area (Å²) in [5.41, 5.74) is 1.08. The van der Waals surface area contributed by atoms with Gasteiger partial charge in [0.25, 0.3) is 0 Å². The third-order valence-corrected chi connectivity index (χ3v) is 5.42. The number of halogens is 2. The van der Waals surface area contributed by atoms with Gasteiger partial charge in [-0.15, -0.1) is 0 Å². The molecule has 3 rings (SSSR count). The number of aliphatic hydroxyl groups is 1. The van der Waals surface area contributed by atoms with Crippen molar-refractivity contribution in [1.29, 1.82) is 0 Å². The van der Waals surface area contributed by atoms with Crippen molar-refractivity contribution in [3.05, 3.63) is 70.8 Å². The minimum atomic E-state index is -1.50. The fraction of sp³-hybridized carbons (Fsp3) is 0.417. The van der Waals surface area contributed by atoms with Gasteiger partial charge in [-0.2, -0.15) is 0 Å². The summed E-state index contributed by atoms with van der Waals surface area (Å²) in [6, 6.07) is 9.26. The van der Waals surface area contributed by atoms with Gasteiger partial charge >= 0.3 is 12.1 Å². The van der Waals surface area contributed by atoms with Gasteiger partial charge in [-0.1, -0.05) is 24.3 Å². The molecule has 0 radical (unpaired) electrons. The molecule has 1 unspecified atom stereocenters. The number of carboxylic acids is 1. The van der Waals surface area contributed by atoms with Crippen molar-refractivity contribution < 1.29 is 33.3 Å². The van der Waals surface area contributed by atoms with E-state index in [2.05, 4.69) is 0 Å². The number of ether oxygens (including phenoxy) is 1. The zero-order chi connectivity index (χ0) is 23.6. The lowest BCUT2D eigenvalue weighted by molar-refractivity contribution is -0.148. The van der Waals surface area contributed by atoms with E-state index in [0.717, 1.165) is 23.3 Å². The molecule has 0 bridgehead atoms. The number of carbonyl (C=O) groups excluding carboxylic acids is 1. The Kier molecular flexibility index (Phi) is 6.83. The molecule has 1 aliphatic heterocycles. The topological polar surface area (TPSA) is 87.1 Å². The molecular weight excluding hydrogens is 420 g/mol. The summed E-state index contributed by atoms with van der Waals surface area (Å²) in [7, 11) is 0. The van der Waals surface area contributed by atoms with E-state index in [1.807, 2.05) is 24.3 Å². The van der Waals surface area contributed by atoms with Crippen LogP contribution in [0.4, 0.5) is 13.6 Å². The first-order valence-corrected chi connectivity index (χ1v) is 10.4. The molecule has 8 heteroatoms. The lowest BCUT2D eigenvalue weighted by Crippen LogP contribution is -2.55. The number of rotatable bonds is 5. The van der Waals surface area contributed by atoms with E-state index in [4.69, 9.17) is 4.74 Å². The van der Waals surface area contributed by atoms with E-state index >= 15 is 0 Å². The normalized spacial score (nSPS) is 17.9. The number of hydrogen-bond donors (Lipinski definition) is 2. The van der Waals surface area contributed by atoms with Crippen molar-refractivity contribution in [2.45, 2.75) is 57.9 Å². The van der Waals surface area contributed by atoms with Gasteiger partial charge in [0.1, 0.15) is 17.2 Å². The fourth-order valence-corrected chi connectivity index (χ4v) is 3.98. The monoisotopic (exact) mass is 447 g/mol. The van der Waals surface area contributed by atoms with Gasteiger partial charge in [-0.3, -0.25) is 9.69 Å². The van der Waals surface area contributed by atoms with Gasteiger partial charge in [0.2, 0.25) is 0 Å². The Hall–Kier alpha value is -3.00. The molecule has 6 nitrogen and oxygen atoms in total. The first-order valence-electron chi connectivity index (χ1n) is 10.4. The molecule has 2 N–H and O–H groups in total. The molecule has 1 heterocycles. The lowest BCUT2D eigenvalue weighted by Gasteiger charge is -2.41. The number of carbonyl (C=O) groups is 2. The molecule has 1 aliphatic rings. The summed E-state index contributed by atoms with van der Waals surface area (Å²) in [4.78, 5) is 26.3. The van der Waals surface area contributed by atoms with Gasteiger partial charge in [-0.05, 0) is 62.4 Å². The van der Waals surface area contributed by atoms with Crippen molar-refractivity contribution in [3.63, 3.8) is 0 Å². The number of fused-ring (bicyclic) bond motifs is 1. The quantitative estimate of drug-likeness (QED) is 0.725. The highest BCUT2D eigenvalue weighted by Gasteiger charge is 2.42. The Balaban J connectivity index is 1.93. The molecule has 172 valence electrons. The lowest BCUT2D eigenvalue weighted by atomic mass is 9.83. The van der Waals surface area contributed by atoms with E-state index in [-0.39, 0.29) is 24.9 Å². The summed E-state index contributed by atoms with van der Waals surface area (Å²) in [6.45, 7) is 5.29. The zero-order valence-corrected chi connectivity index (χ0v) is 18.2. The molecule has 0 fully saturated rings. The first kappa shape index (κ1) is 23.7. The largest absolute Gasteiger partial charge is 0.481 e. The molecule has 0 aromatic heterocycles. The second-order valence-corrected chi connectivity index (χ2v) is 9.07. The van der Waals surface area contributed by atoms with Crippen molar-refractivity contribution >= 4 is 12.1 Å². The fourth-order valence-electron chi connectivity index (χ4n) is 3.98. The van der Waals surface area contributed by atoms with Gasteiger partial charge in [0, 0.05) is 12.6 Å². The van der Waals surface area contributed by atoms with Crippen LogP contribution in [-0.4, -0.2) is 44.9 Å². The van der Waals surface area contributed by atoms with Crippen LogP contribution >= 0.6 is 0 Å². The van der Waals surface area contributed by atoms with Gasteiger partial charge < -0.3 is 14.9 Å². The third-order valence-electron chi connectivity index (χ3n) is 5.42. The van der Waals surface area contributed by atoms with Crippen LogP contribution in [-0.2, 0) is 28.9 Å². The summed E-state index contributed by atoms with van der Waals surface area (Å²) >= 11 is 0. The summed E-state index contributed by atoms with van der Waals surface area (Å²) in [5.74, 6) is -4.39. The number of amides is 1. The van der Waals surface area contributed by atoms with E-state index in [1.54, 1.807) is 20.8 Å². The van der Waals surface area contributed by atoms with Crippen LogP contribution in [0.5, 0.6) is 0 Å². The number of benzene rings is 2. The second kappa shape index (κ2) is 9.24. The molecule has 32 heavy (non-hydrogen) atoms. The second-order valence-electron chi connectivity index (χ2n) is 9.07. The minimum Gasteiger partial charge on any atom is -0.481 e. The van der Waals surface area contributed by atoms with Crippen LogP contribution in [0.3, 0.4) is 0 Å². The van der Waals surface area contributed by atoms with E-state index in [0.29, 0.717) is 6.07 Å². The molecule has 2 aromatic carbocycles. The van der Waals surface area contributed by atoms with E-state index in [1.165, 1.54) is 4.90 Å². The SMILES string of the molecule is CC(C)(C)OC(=O)N1Cc2ccccc2CC1[C@@H](O)[C@H](Cc1cc(F)cc(F)c1)C(=O)O.